The van der Waals surface area contributed by atoms with Crippen LogP contribution < -0.4 is 10.1 Å². The molecular formula is C23H29N3O6S2. The van der Waals surface area contributed by atoms with Crippen LogP contribution in [0.3, 0.4) is 0 Å². The summed E-state index contributed by atoms with van der Waals surface area (Å²) in [6.07, 6.45) is 2.72. The molecule has 0 aliphatic carbocycles. The molecule has 0 radical (unpaired) electrons. The molecule has 0 bridgehead atoms. The molecule has 1 N–H and O–H groups in total. The average Bonchev–Trinajstić information content (AvgIpc) is 3.41. The summed E-state index contributed by atoms with van der Waals surface area (Å²) in [5.74, 6) is -0.615. The van der Waals surface area contributed by atoms with Gasteiger partial charge in [0.05, 0.1) is 28.5 Å². The fourth-order valence-electron chi connectivity index (χ4n) is 4.37. The summed E-state index contributed by atoms with van der Waals surface area (Å²) in [5, 5.41) is 2.78. The lowest BCUT2D eigenvalue weighted by Crippen LogP contribution is -2.43. The number of hydrogen-bond acceptors (Lipinski definition) is 6. The van der Waals surface area contributed by atoms with Crippen LogP contribution in [0.5, 0.6) is 5.75 Å². The van der Waals surface area contributed by atoms with E-state index in [0.717, 1.165) is 12.8 Å². The Morgan fingerprint density at radius 1 is 0.882 bits per heavy atom. The van der Waals surface area contributed by atoms with E-state index in [1.54, 1.807) is 18.2 Å². The van der Waals surface area contributed by atoms with Crippen molar-refractivity contribution in [2.75, 3.05) is 38.6 Å². The first-order chi connectivity index (χ1) is 16.2. The molecule has 0 unspecified atom stereocenters. The van der Waals surface area contributed by atoms with Gasteiger partial charge in [0.1, 0.15) is 5.75 Å². The Bertz CT molecular complexity index is 1240. The number of amides is 1. The number of methoxy groups -OCH3 is 1. The second-order valence-electron chi connectivity index (χ2n) is 8.48. The summed E-state index contributed by atoms with van der Waals surface area (Å²) >= 11 is 0. The maximum Gasteiger partial charge on any atom is 0.243 e. The molecule has 4 rings (SSSR count). The summed E-state index contributed by atoms with van der Waals surface area (Å²) in [7, 11) is -5.93. The van der Waals surface area contributed by atoms with Crippen LogP contribution in [0.1, 0.15) is 25.7 Å². The third-order valence-electron chi connectivity index (χ3n) is 6.27. The third-order valence-corrected chi connectivity index (χ3v) is 10.0. The molecule has 0 saturated carbocycles. The van der Waals surface area contributed by atoms with Crippen molar-refractivity contribution in [3.63, 3.8) is 0 Å². The molecule has 1 atom stereocenters. The summed E-state index contributed by atoms with van der Waals surface area (Å²) in [4.78, 5) is 13.4. The van der Waals surface area contributed by atoms with Crippen LogP contribution in [0.25, 0.3) is 0 Å². The Balaban J connectivity index is 1.53. The number of nitrogens with one attached hydrogen (secondary N) is 1. The van der Waals surface area contributed by atoms with Crippen LogP contribution in [-0.2, 0) is 24.8 Å². The number of piperidine rings is 1. The largest absolute Gasteiger partial charge is 0.495 e. The molecule has 1 amide bonds. The van der Waals surface area contributed by atoms with Gasteiger partial charge < -0.3 is 10.1 Å². The zero-order chi connectivity index (χ0) is 24.3. The molecule has 2 aliphatic heterocycles. The highest BCUT2D eigenvalue weighted by Gasteiger charge is 2.34. The number of anilines is 1. The van der Waals surface area contributed by atoms with Gasteiger partial charge in [0.25, 0.3) is 0 Å². The number of carbonyl (C=O) groups is 1. The van der Waals surface area contributed by atoms with Gasteiger partial charge in [-0.2, -0.15) is 8.61 Å². The Morgan fingerprint density at radius 2 is 1.53 bits per heavy atom. The Kier molecular flexibility index (Phi) is 7.27. The lowest BCUT2D eigenvalue weighted by molar-refractivity contribution is -0.120. The molecule has 184 valence electrons. The molecule has 2 fully saturated rings. The van der Waals surface area contributed by atoms with E-state index in [2.05, 4.69) is 5.32 Å². The predicted octanol–water partition coefficient (Wildman–Crippen LogP) is 2.52. The molecule has 9 nitrogen and oxygen atoms in total. The highest BCUT2D eigenvalue weighted by Crippen LogP contribution is 2.31. The van der Waals surface area contributed by atoms with Gasteiger partial charge in [0.2, 0.25) is 26.0 Å². The minimum Gasteiger partial charge on any atom is -0.495 e. The molecule has 34 heavy (non-hydrogen) atoms. The van der Waals surface area contributed by atoms with Crippen molar-refractivity contribution in [1.29, 1.82) is 0 Å². The lowest BCUT2D eigenvalue weighted by Gasteiger charge is -2.31. The van der Waals surface area contributed by atoms with Crippen molar-refractivity contribution >= 4 is 31.6 Å². The van der Waals surface area contributed by atoms with Gasteiger partial charge in [-0.25, -0.2) is 16.8 Å². The summed E-state index contributed by atoms with van der Waals surface area (Å²) < 4.78 is 60.0. The monoisotopic (exact) mass is 507 g/mol. The van der Waals surface area contributed by atoms with Crippen molar-refractivity contribution < 1.29 is 26.4 Å². The van der Waals surface area contributed by atoms with E-state index in [1.165, 1.54) is 46.1 Å². The molecule has 2 aromatic carbocycles. The second-order valence-corrected chi connectivity index (χ2v) is 12.4. The van der Waals surface area contributed by atoms with Crippen LogP contribution in [-0.4, -0.2) is 64.6 Å². The van der Waals surface area contributed by atoms with E-state index in [4.69, 9.17) is 4.74 Å². The number of sulfonamides is 2. The lowest BCUT2D eigenvalue weighted by atomic mass is 9.98. The van der Waals surface area contributed by atoms with Crippen LogP contribution >= 0.6 is 0 Å². The minimum atomic E-state index is -3.71. The highest BCUT2D eigenvalue weighted by atomic mass is 32.2. The molecule has 11 heteroatoms. The van der Waals surface area contributed by atoms with Crippen molar-refractivity contribution in [1.82, 2.24) is 8.61 Å². The highest BCUT2D eigenvalue weighted by molar-refractivity contribution is 7.89. The first-order valence-corrected chi connectivity index (χ1v) is 14.2. The second kappa shape index (κ2) is 10.0. The topological polar surface area (TPSA) is 113 Å². The zero-order valence-electron chi connectivity index (χ0n) is 19.0. The van der Waals surface area contributed by atoms with Crippen molar-refractivity contribution in [2.45, 2.75) is 35.5 Å². The summed E-state index contributed by atoms with van der Waals surface area (Å²) in [5.41, 5.74) is 0.246. The fraction of sp³-hybridized carbons (Fsp3) is 0.435. The van der Waals surface area contributed by atoms with Crippen LogP contribution in [0.4, 0.5) is 5.69 Å². The van der Waals surface area contributed by atoms with Gasteiger partial charge in [0, 0.05) is 26.2 Å². The number of carbonyl (C=O) groups excluding carboxylic acids is 1. The summed E-state index contributed by atoms with van der Waals surface area (Å²) in [6.45, 7) is 1.35. The quantitative estimate of drug-likeness (QED) is 0.616. The molecule has 2 aliphatic rings. The van der Waals surface area contributed by atoms with Crippen LogP contribution in [0.15, 0.2) is 58.3 Å². The first kappa shape index (κ1) is 24.6. The average molecular weight is 508 g/mol. The smallest absolute Gasteiger partial charge is 0.243 e. The van der Waals surface area contributed by atoms with E-state index in [1.807, 2.05) is 0 Å². The standard InChI is InChI=1S/C23H29N3O6S2/c1-32-22-12-11-20(34(30,31)25-13-5-6-14-25)16-21(22)24-23(27)18-8-7-15-26(17-18)33(28,29)19-9-3-2-4-10-19/h2-4,9-12,16,18H,5-8,13-15,17H2,1H3,(H,24,27)/t18-/m1/s1. The Hall–Kier alpha value is -2.47. The van der Waals surface area contributed by atoms with Crippen molar-refractivity contribution in [3.8, 4) is 5.75 Å². The Morgan fingerprint density at radius 3 is 2.21 bits per heavy atom. The zero-order valence-corrected chi connectivity index (χ0v) is 20.6. The van der Waals surface area contributed by atoms with E-state index >= 15 is 0 Å². The minimum absolute atomic E-state index is 0.0527. The van der Waals surface area contributed by atoms with Gasteiger partial charge in [-0.05, 0) is 56.0 Å². The van der Waals surface area contributed by atoms with E-state index in [0.29, 0.717) is 38.2 Å². The fourth-order valence-corrected chi connectivity index (χ4v) is 7.46. The van der Waals surface area contributed by atoms with Gasteiger partial charge in [-0.1, -0.05) is 18.2 Å². The van der Waals surface area contributed by atoms with E-state index < -0.39 is 26.0 Å². The number of nitrogens with zero attached hydrogens (tertiary/aromatic N) is 2. The van der Waals surface area contributed by atoms with E-state index in [-0.39, 0.29) is 27.9 Å². The maximum atomic E-state index is 13.1. The number of rotatable bonds is 7. The Labute approximate surface area is 200 Å². The van der Waals surface area contributed by atoms with Gasteiger partial charge >= 0.3 is 0 Å². The first-order valence-electron chi connectivity index (χ1n) is 11.3. The number of ether oxygens (including phenoxy) is 1. The van der Waals surface area contributed by atoms with Gasteiger partial charge in [-0.3, -0.25) is 4.79 Å². The van der Waals surface area contributed by atoms with Gasteiger partial charge in [-0.15, -0.1) is 0 Å². The number of hydrogen-bond donors (Lipinski definition) is 1. The number of benzene rings is 2. The SMILES string of the molecule is COc1ccc(S(=O)(=O)N2CCCC2)cc1NC(=O)[C@@H]1CCCN(S(=O)(=O)c2ccccc2)C1. The van der Waals surface area contributed by atoms with Gasteiger partial charge in [0.15, 0.2) is 0 Å². The van der Waals surface area contributed by atoms with Crippen LogP contribution in [0.2, 0.25) is 0 Å². The molecule has 2 heterocycles. The molecule has 2 saturated heterocycles. The van der Waals surface area contributed by atoms with Crippen molar-refractivity contribution in [2.24, 2.45) is 5.92 Å². The molecule has 2 aromatic rings. The molecule has 0 spiro atoms. The molecular weight excluding hydrogens is 478 g/mol. The third kappa shape index (κ3) is 4.97. The maximum absolute atomic E-state index is 13.1. The summed E-state index contributed by atoms with van der Waals surface area (Å²) in [6, 6.07) is 12.5. The van der Waals surface area contributed by atoms with Crippen LogP contribution in [0, 0.1) is 5.92 Å². The van der Waals surface area contributed by atoms with E-state index in [9.17, 15) is 21.6 Å². The normalized spacial score (nSPS) is 20.2. The van der Waals surface area contributed by atoms with Crippen molar-refractivity contribution in [3.05, 3.63) is 48.5 Å². The predicted molar refractivity (Wildman–Crippen MR) is 128 cm³/mol. The molecule has 0 aromatic heterocycles.